The molecule has 0 spiro atoms. The van der Waals surface area contributed by atoms with Crippen LogP contribution in [-0.4, -0.2) is 10.2 Å². The molecule has 3 nitrogen and oxygen atoms in total. The normalized spacial score (nSPS) is 10.2. The van der Waals surface area contributed by atoms with Crippen molar-refractivity contribution in [3.05, 3.63) is 39.1 Å². The zero-order chi connectivity index (χ0) is 9.26. The van der Waals surface area contributed by atoms with Gasteiger partial charge in [-0.15, -0.1) is 11.3 Å². The molecule has 2 aromatic rings. The molecule has 13 heavy (non-hydrogen) atoms. The fourth-order valence-corrected chi connectivity index (χ4v) is 2.10. The fraction of sp³-hybridized carbons (Fsp3) is 0. The van der Waals surface area contributed by atoms with E-state index < -0.39 is 0 Å². The fourth-order valence-electron chi connectivity index (χ4n) is 1.03. The van der Waals surface area contributed by atoms with Gasteiger partial charge in [-0.2, -0.15) is 5.10 Å². The standard InChI is InChI=1S/C8H5ClN2OS/c9-5-4-10-11-8(12)7(5)6-2-1-3-13-6/h1-4H,(H,11,12). The number of hydrogen-bond donors (Lipinski definition) is 1. The van der Waals surface area contributed by atoms with Crippen LogP contribution in [0.5, 0.6) is 0 Å². The average Bonchev–Trinajstić information content (AvgIpc) is 2.57. The molecule has 0 saturated heterocycles. The maximum absolute atomic E-state index is 11.3. The number of hydrogen-bond acceptors (Lipinski definition) is 3. The van der Waals surface area contributed by atoms with E-state index in [-0.39, 0.29) is 5.56 Å². The topological polar surface area (TPSA) is 45.8 Å². The van der Waals surface area contributed by atoms with E-state index in [1.54, 1.807) is 0 Å². The minimum absolute atomic E-state index is 0.255. The van der Waals surface area contributed by atoms with Gasteiger partial charge >= 0.3 is 0 Å². The van der Waals surface area contributed by atoms with Crippen LogP contribution in [0.1, 0.15) is 0 Å². The number of nitrogens with one attached hydrogen (secondary N) is 1. The van der Waals surface area contributed by atoms with Crippen molar-refractivity contribution < 1.29 is 0 Å². The van der Waals surface area contributed by atoms with Crippen molar-refractivity contribution in [3.63, 3.8) is 0 Å². The smallest absolute Gasteiger partial charge is 0.267 e. The van der Waals surface area contributed by atoms with E-state index in [0.29, 0.717) is 10.6 Å². The summed E-state index contributed by atoms with van der Waals surface area (Å²) in [6, 6.07) is 3.72. The van der Waals surface area contributed by atoms with Gasteiger partial charge in [0.1, 0.15) is 0 Å². The van der Waals surface area contributed by atoms with Crippen LogP contribution < -0.4 is 5.56 Å². The minimum Gasteiger partial charge on any atom is -0.267 e. The quantitative estimate of drug-likeness (QED) is 0.788. The highest BCUT2D eigenvalue weighted by atomic mass is 35.5. The molecule has 0 aliphatic rings. The van der Waals surface area contributed by atoms with Gasteiger partial charge in [0, 0.05) is 4.88 Å². The molecule has 5 heteroatoms. The van der Waals surface area contributed by atoms with Crippen LogP contribution in [0.15, 0.2) is 28.5 Å². The highest BCUT2D eigenvalue weighted by Gasteiger charge is 2.08. The highest BCUT2D eigenvalue weighted by molar-refractivity contribution is 7.13. The largest absolute Gasteiger partial charge is 0.274 e. The Labute approximate surface area is 83.0 Å². The van der Waals surface area contributed by atoms with Crippen LogP contribution in [0.4, 0.5) is 0 Å². The third kappa shape index (κ3) is 1.50. The molecule has 2 heterocycles. The van der Waals surface area contributed by atoms with Crippen LogP contribution in [0, 0.1) is 0 Å². The first-order valence-corrected chi connectivity index (χ1v) is 4.82. The molecule has 0 aromatic carbocycles. The Balaban J connectivity index is 2.71. The molecule has 0 unspecified atom stereocenters. The van der Waals surface area contributed by atoms with Gasteiger partial charge in [0.2, 0.25) is 0 Å². The van der Waals surface area contributed by atoms with Gasteiger partial charge in [0.15, 0.2) is 0 Å². The van der Waals surface area contributed by atoms with E-state index in [1.807, 2.05) is 17.5 Å². The van der Waals surface area contributed by atoms with Gasteiger partial charge in [-0.05, 0) is 11.4 Å². The molecule has 66 valence electrons. The summed E-state index contributed by atoms with van der Waals surface area (Å²) in [5, 5.41) is 8.21. The van der Waals surface area contributed by atoms with E-state index in [2.05, 4.69) is 10.2 Å². The first kappa shape index (κ1) is 8.47. The molecule has 2 rings (SSSR count). The maximum Gasteiger partial charge on any atom is 0.274 e. The first-order chi connectivity index (χ1) is 6.29. The lowest BCUT2D eigenvalue weighted by atomic mass is 10.2. The van der Waals surface area contributed by atoms with Crippen LogP contribution in [0.3, 0.4) is 0 Å². The Morgan fingerprint density at radius 2 is 2.38 bits per heavy atom. The lowest BCUT2D eigenvalue weighted by molar-refractivity contribution is 0.993. The SMILES string of the molecule is O=c1[nH]ncc(Cl)c1-c1cccs1. The third-order valence-corrected chi connectivity index (χ3v) is 2.75. The maximum atomic E-state index is 11.3. The molecule has 0 saturated carbocycles. The zero-order valence-corrected chi connectivity index (χ0v) is 8.02. The number of rotatable bonds is 1. The van der Waals surface area contributed by atoms with E-state index in [1.165, 1.54) is 17.5 Å². The van der Waals surface area contributed by atoms with Gasteiger partial charge in [-0.1, -0.05) is 17.7 Å². The molecule has 0 atom stereocenters. The Morgan fingerprint density at radius 1 is 1.54 bits per heavy atom. The number of aromatic nitrogens is 2. The Bertz CT molecular complexity index is 463. The van der Waals surface area contributed by atoms with Crippen LogP contribution in [0.2, 0.25) is 5.02 Å². The number of halogens is 1. The van der Waals surface area contributed by atoms with E-state index in [0.717, 1.165) is 4.88 Å². The molecule has 0 bridgehead atoms. The van der Waals surface area contributed by atoms with E-state index in [9.17, 15) is 4.79 Å². The van der Waals surface area contributed by atoms with Gasteiger partial charge in [-0.3, -0.25) is 4.79 Å². The van der Waals surface area contributed by atoms with Crippen LogP contribution >= 0.6 is 22.9 Å². The molecule has 0 amide bonds. The summed E-state index contributed by atoms with van der Waals surface area (Å²) in [5.41, 5.74) is 0.238. The lowest BCUT2D eigenvalue weighted by Gasteiger charge is -1.96. The predicted molar refractivity (Wildman–Crippen MR) is 53.2 cm³/mol. The number of thiophene rings is 1. The van der Waals surface area contributed by atoms with Crippen molar-refractivity contribution in [2.45, 2.75) is 0 Å². The zero-order valence-electron chi connectivity index (χ0n) is 6.45. The highest BCUT2D eigenvalue weighted by Crippen LogP contribution is 2.26. The van der Waals surface area contributed by atoms with Crippen molar-refractivity contribution in [2.75, 3.05) is 0 Å². The Morgan fingerprint density at radius 3 is 3.00 bits per heavy atom. The summed E-state index contributed by atoms with van der Waals surface area (Å²) >= 11 is 7.32. The summed E-state index contributed by atoms with van der Waals surface area (Å²) < 4.78 is 0. The molecular weight excluding hydrogens is 208 g/mol. The number of H-pyrrole nitrogens is 1. The molecule has 0 aliphatic heterocycles. The molecule has 0 radical (unpaired) electrons. The monoisotopic (exact) mass is 212 g/mol. The minimum atomic E-state index is -0.255. The summed E-state index contributed by atoms with van der Waals surface area (Å²) in [6.45, 7) is 0. The Kier molecular flexibility index (Phi) is 2.16. The molecule has 0 aliphatic carbocycles. The summed E-state index contributed by atoms with van der Waals surface area (Å²) in [7, 11) is 0. The van der Waals surface area contributed by atoms with Gasteiger partial charge < -0.3 is 0 Å². The molecule has 0 fully saturated rings. The van der Waals surface area contributed by atoms with Gasteiger partial charge in [-0.25, -0.2) is 5.10 Å². The first-order valence-electron chi connectivity index (χ1n) is 3.56. The molecule has 1 N–H and O–H groups in total. The van der Waals surface area contributed by atoms with E-state index in [4.69, 9.17) is 11.6 Å². The van der Waals surface area contributed by atoms with Crippen LogP contribution in [0.25, 0.3) is 10.4 Å². The van der Waals surface area contributed by atoms with Crippen molar-refractivity contribution in [1.29, 1.82) is 0 Å². The average molecular weight is 213 g/mol. The van der Waals surface area contributed by atoms with Crippen molar-refractivity contribution in [2.24, 2.45) is 0 Å². The van der Waals surface area contributed by atoms with Crippen molar-refractivity contribution in [3.8, 4) is 10.4 Å². The van der Waals surface area contributed by atoms with Gasteiger partial charge in [0.25, 0.3) is 5.56 Å². The lowest BCUT2D eigenvalue weighted by Crippen LogP contribution is -2.09. The van der Waals surface area contributed by atoms with Crippen molar-refractivity contribution >= 4 is 22.9 Å². The van der Waals surface area contributed by atoms with Crippen LogP contribution in [-0.2, 0) is 0 Å². The second-order valence-electron chi connectivity index (χ2n) is 2.40. The third-order valence-electron chi connectivity index (χ3n) is 1.58. The molecular formula is C8H5ClN2OS. The second-order valence-corrected chi connectivity index (χ2v) is 3.75. The Hall–Kier alpha value is -1.13. The van der Waals surface area contributed by atoms with Crippen molar-refractivity contribution in [1.82, 2.24) is 10.2 Å². The van der Waals surface area contributed by atoms with Gasteiger partial charge in [0.05, 0.1) is 16.8 Å². The van der Waals surface area contributed by atoms with E-state index >= 15 is 0 Å². The predicted octanol–water partition coefficient (Wildman–Crippen LogP) is 2.15. The summed E-state index contributed by atoms with van der Waals surface area (Å²) in [6.07, 6.45) is 1.43. The number of nitrogens with zero attached hydrogens (tertiary/aromatic N) is 1. The number of aromatic amines is 1. The second kappa shape index (κ2) is 3.32. The molecule has 2 aromatic heterocycles. The summed E-state index contributed by atoms with van der Waals surface area (Å²) in [4.78, 5) is 12.2. The summed E-state index contributed by atoms with van der Waals surface area (Å²) in [5.74, 6) is 0.